The van der Waals surface area contributed by atoms with Crippen molar-refractivity contribution < 1.29 is 5.11 Å². The quantitative estimate of drug-likeness (QED) is 0.762. The van der Waals surface area contributed by atoms with Crippen LogP contribution in [0.15, 0.2) is 18.3 Å². The Balaban J connectivity index is 2.81. The van der Waals surface area contributed by atoms with Crippen molar-refractivity contribution >= 4 is 0 Å². The molecule has 1 heterocycles. The summed E-state index contributed by atoms with van der Waals surface area (Å²) >= 11 is 0. The van der Waals surface area contributed by atoms with Gasteiger partial charge in [-0.2, -0.15) is 5.26 Å². The maximum atomic E-state index is 9.78. The predicted molar refractivity (Wildman–Crippen MR) is 50.1 cm³/mol. The third-order valence-corrected chi connectivity index (χ3v) is 2.22. The van der Waals surface area contributed by atoms with Gasteiger partial charge in [0.15, 0.2) is 0 Å². The zero-order chi connectivity index (χ0) is 9.90. The molecule has 1 N–H and O–H groups in total. The summed E-state index contributed by atoms with van der Waals surface area (Å²) in [5.41, 5.74) is -0.140. The highest BCUT2D eigenvalue weighted by atomic mass is 16.3. The first-order valence-corrected chi connectivity index (χ1v) is 4.36. The van der Waals surface area contributed by atoms with Crippen LogP contribution in [0.4, 0.5) is 0 Å². The molecule has 0 amide bonds. The average Bonchev–Trinajstić information content (AvgIpc) is 2.51. The van der Waals surface area contributed by atoms with Crippen LogP contribution >= 0.6 is 0 Å². The molecule has 0 aliphatic heterocycles. The number of nitriles is 1. The molecule has 0 fully saturated rings. The van der Waals surface area contributed by atoms with Crippen molar-refractivity contribution in [3.63, 3.8) is 0 Å². The lowest BCUT2D eigenvalue weighted by Gasteiger charge is -2.22. The summed E-state index contributed by atoms with van der Waals surface area (Å²) in [5.74, 6) is 0. The van der Waals surface area contributed by atoms with Crippen LogP contribution in [0.5, 0.6) is 0 Å². The molecule has 1 aromatic heterocycles. The molecule has 1 aromatic rings. The first-order valence-electron chi connectivity index (χ1n) is 4.36. The zero-order valence-corrected chi connectivity index (χ0v) is 7.99. The second-order valence-corrected chi connectivity index (χ2v) is 3.48. The van der Waals surface area contributed by atoms with Crippen molar-refractivity contribution in [1.29, 1.82) is 5.26 Å². The van der Waals surface area contributed by atoms with E-state index in [2.05, 4.69) is 6.07 Å². The van der Waals surface area contributed by atoms with Gasteiger partial charge in [0.2, 0.25) is 0 Å². The van der Waals surface area contributed by atoms with Gasteiger partial charge in [0, 0.05) is 6.20 Å². The smallest absolute Gasteiger partial charge is 0.120 e. The van der Waals surface area contributed by atoms with Crippen LogP contribution < -0.4 is 0 Å². The van der Waals surface area contributed by atoms with E-state index in [-0.39, 0.29) is 0 Å². The molecule has 3 nitrogen and oxygen atoms in total. The van der Waals surface area contributed by atoms with Crippen LogP contribution in [-0.4, -0.2) is 15.3 Å². The Morgan fingerprint density at radius 2 is 2.38 bits per heavy atom. The molecule has 1 rings (SSSR count). The van der Waals surface area contributed by atoms with Crippen molar-refractivity contribution in [2.24, 2.45) is 0 Å². The number of aliphatic hydroxyl groups is 1. The molecular formula is C10H14N2O. The first-order chi connectivity index (χ1) is 6.09. The van der Waals surface area contributed by atoms with Gasteiger partial charge in [0.05, 0.1) is 12.1 Å². The van der Waals surface area contributed by atoms with Crippen molar-refractivity contribution in [2.45, 2.75) is 32.4 Å². The van der Waals surface area contributed by atoms with Gasteiger partial charge in [0.1, 0.15) is 11.8 Å². The van der Waals surface area contributed by atoms with E-state index in [1.807, 2.05) is 19.2 Å². The van der Waals surface area contributed by atoms with Crippen LogP contribution in [0.2, 0.25) is 0 Å². The number of hydrogen-bond donors (Lipinski definition) is 1. The molecule has 0 saturated carbocycles. The predicted octanol–water partition coefficient (Wildman–Crippen LogP) is 1.52. The number of hydrogen-bond acceptors (Lipinski definition) is 2. The molecular weight excluding hydrogens is 164 g/mol. The molecule has 0 saturated heterocycles. The van der Waals surface area contributed by atoms with E-state index >= 15 is 0 Å². The van der Waals surface area contributed by atoms with Gasteiger partial charge >= 0.3 is 0 Å². The second-order valence-electron chi connectivity index (χ2n) is 3.48. The average molecular weight is 178 g/mol. The summed E-state index contributed by atoms with van der Waals surface area (Å²) < 4.78 is 1.77. The van der Waals surface area contributed by atoms with Gasteiger partial charge in [-0.25, -0.2) is 0 Å². The van der Waals surface area contributed by atoms with E-state index < -0.39 is 5.60 Å². The second kappa shape index (κ2) is 3.63. The van der Waals surface area contributed by atoms with Crippen LogP contribution in [-0.2, 0) is 6.54 Å². The Morgan fingerprint density at radius 1 is 1.69 bits per heavy atom. The third kappa shape index (κ3) is 2.33. The van der Waals surface area contributed by atoms with Gasteiger partial charge in [0.25, 0.3) is 0 Å². The monoisotopic (exact) mass is 178 g/mol. The van der Waals surface area contributed by atoms with Crippen molar-refractivity contribution in [1.82, 2.24) is 4.57 Å². The highest BCUT2D eigenvalue weighted by molar-refractivity contribution is 5.22. The Morgan fingerprint density at radius 3 is 2.92 bits per heavy atom. The highest BCUT2D eigenvalue weighted by Crippen LogP contribution is 2.13. The minimum Gasteiger partial charge on any atom is -0.388 e. The lowest BCUT2D eigenvalue weighted by atomic mass is 10.0. The minimum atomic E-state index is -0.732. The van der Waals surface area contributed by atoms with Crippen molar-refractivity contribution in [3.8, 4) is 6.07 Å². The van der Waals surface area contributed by atoms with Gasteiger partial charge in [-0.3, -0.25) is 0 Å². The SMILES string of the molecule is CCC(C)(O)Cn1cccc1C#N. The topological polar surface area (TPSA) is 49.0 Å². The van der Waals surface area contributed by atoms with E-state index in [0.29, 0.717) is 18.7 Å². The van der Waals surface area contributed by atoms with E-state index in [1.54, 1.807) is 17.6 Å². The van der Waals surface area contributed by atoms with E-state index in [0.717, 1.165) is 0 Å². The van der Waals surface area contributed by atoms with E-state index in [9.17, 15) is 5.11 Å². The lowest BCUT2D eigenvalue weighted by molar-refractivity contribution is 0.0378. The molecule has 1 unspecified atom stereocenters. The van der Waals surface area contributed by atoms with Gasteiger partial charge in [-0.1, -0.05) is 6.92 Å². The minimum absolute atomic E-state index is 0.472. The van der Waals surface area contributed by atoms with Crippen LogP contribution in [0.25, 0.3) is 0 Å². The summed E-state index contributed by atoms with van der Waals surface area (Å²) in [4.78, 5) is 0. The zero-order valence-electron chi connectivity index (χ0n) is 7.99. The summed E-state index contributed by atoms with van der Waals surface area (Å²) in [5, 5.41) is 18.5. The Bertz CT molecular complexity index is 320. The normalized spacial score (nSPS) is 14.9. The Hall–Kier alpha value is -1.27. The standard InChI is InChI=1S/C10H14N2O/c1-3-10(2,13)8-12-6-4-5-9(12)7-11/h4-6,13H,3,8H2,1-2H3. The Kier molecular flexibility index (Phi) is 2.74. The molecule has 1 atom stereocenters. The first kappa shape index (κ1) is 9.82. The Labute approximate surface area is 78.2 Å². The van der Waals surface area contributed by atoms with Gasteiger partial charge in [-0.05, 0) is 25.5 Å². The molecule has 0 aliphatic carbocycles. The summed E-state index contributed by atoms with van der Waals surface area (Å²) in [6.07, 6.45) is 2.48. The molecule has 0 radical (unpaired) electrons. The largest absolute Gasteiger partial charge is 0.388 e. The van der Waals surface area contributed by atoms with Crippen molar-refractivity contribution in [3.05, 3.63) is 24.0 Å². The van der Waals surface area contributed by atoms with Gasteiger partial charge in [-0.15, -0.1) is 0 Å². The van der Waals surface area contributed by atoms with Crippen molar-refractivity contribution in [2.75, 3.05) is 0 Å². The highest BCUT2D eigenvalue weighted by Gasteiger charge is 2.18. The van der Waals surface area contributed by atoms with Crippen LogP contribution in [0.1, 0.15) is 26.0 Å². The molecule has 13 heavy (non-hydrogen) atoms. The summed E-state index contributed by atoms with van der Waals surface area (Å²) in [6.45, 7) is 4.17. The van der Waals surface area contributed by atoms with E-state index in [1.165, 1.54) is 0 Å². The fourth-order valence-corrected chi connectivity index (χ4v) is 1.13. The molecule has 0 aliphatic rings. The molecule has 3 heteroatoms. The number of nitrogens with zero attached hydrogens (tertiary/aromatic N) is 2. The summed E-state index contributed by atoms with van der Waals surface area (Å²) in [7, 11) is 0. The van der Waals surface area contributed by atoms with Crippen LogP contribution in [0, 0.1) is 11.3 Å². The molecule has 0 bridgehead atoms. The maximum Gasteiger partial charge on any atom is 0.120 e. The fraction of sp³-hybridized carbons (Fsp3) is 0.500. The van der Waals surface area contributed by atoms with Crippen LogP contribution in [0.3, 0.4) is 0 Å². The number of rotatable bonds is 3. The fourth-order valence-electron chi connectivity index (χ4n) is 1.13. The molecule has 0 spiro atoms. The number of aromatic nitrogens is 1. The lowest BCUT2D eigenvalue weighted by Crippen LogP contribution is -2.29. The summed E-state index contributed by atoms with van der Waals surface area (Å²) in [6, 6.07) is 5.63. The third-order valence-electron chi connectivity index (χ3n) is 2.22. The van der Waals surface area contributed by atoms with Gasteiger partial charge < -0.3 is 9.67 Å². The molecule has 70 valence electrons. The van der Waals surface area contributed by atoms with E-state index in [4.69, 9.17) is 5.26 Å². The molecule has 0 aromatic carbocycles. The maximum absolute atomic E-state index is 9.78.